The molecule has 2 N–H and O–H groups in total. The summed E-state index contributed by atoms with van der Waals surface area (Å²) in [5.41, 5.74) is -0.838. The van der Waals surface area contributed by atoms with E-state index in [1.54, 1.807) is 0 Å². The van der Waals surface area contributed by atoms with Crippen LogP contribution in [0.25, 0.3) is 0 Å². The molecule has 0 aliphatic heterocycles. The third-order valence-electron chi connectivity index (χ3n) is 3.88. The molecule has 2 aromatic rings. The molecule has 1 fully saturated rings. The SMILES string of the molecule is O=C(O)c1ccc(F)cc1NS(=O)(=O)c1ccc(S(=O)(=O)C2CC2)cc1. The summed E-state index contributed by atoms with van der Waals surface area (Å²) in [6.45, 7) is 0. The Balaban J connectivity index is 1.92. The van der Waals surface area contributed by atoms with E-state index in [1.165, 1.54) is 12.1 Å². The molecule has 1 saturated carbocycles. The zero-order valence-corrected chi connectivity index (χ0v) is 14.8. The van der Waals surface area contributed by atoms with Crippen LogP contribution in [0.15, 0.2) is 52.3 Å². The van der Waals surface area contributed by atoms with E-state index in [0.717, 1.165) is 30.3 Å². The summed E-state index contributed by atoms with van der Waals surface area (Å²) in [7, 11) is -7.68. The van der Waals surface area contributed by atoms with Gasteiger partial charge in [0.15, 0.2) is 9.84 Å². The Bertz CT molecular complexity index is 1070. The van der Waals surface area contributed by atoms with E-state index in [0.29, 0.717) is 12.8 Å². The molecule has 0 bridgehead atoms. The molecule has 1 aliphatic rings. The molecule has 0 amide bonds. The van der Waals surface area contributed by atoms with Crippen molar-refractivity contribution >= 4 is 31.5 Å². The highest BCUT2D eigenvalue weighted by Gasteiger charge is 2.36. The first-order valence-corrected chi connectivity index (χ1v) is 10.5. The average Bonchev–Trinajstić information content (AvgIpc) is 3.39. The van der Waals surface area contributed by atoms with Gasteiger partial charge in [-0.3, -0.25) is 4.72 Å². The van der Waals surface area contributed by atoms with E-state index < -0.39 is 48.1 Å². The molecule has 0 unspecified atom stereocenters. The van der Waals surface area contributed by atoms with Gasteiger partial charge < -0.3 is 5.11 Å². The number of hydrogen-bond acceptors (Lipinski definition) is 5. The fourth-order valence-electron chi connectivity index (χ4n) is 2.37. The zero-order chi connectivity index (χ0) is 19.1. The van der Waals surface area contributed by atoms with Crippen LogP contribution in [-0.4, -0.2) is 33.2 Å². The van der Waals surface area contributed by atoms with E-state index in [2.05, 4.69) is 0 Å². The van der Waals surface area contributed by atoms with Crippen molar-refractivity contribution < 1.29 is 31.1 Å². The number of aromatic carboxylic acids is 1. The molecule has 138 valence electrons. The molecule has 3 rings (SSSR count). The minimum Gasteiger partial charge on any atom is -0.478 e. The first kappa shape index (κ1) is 18.3. The van der Waals surface area contributed by atoms with Gasteiger partial charge in [-0.25, -0.2) is 26.0 Å². The van der Waals surface area contributed by atoms with Crippen LogP contribution in [0, 0.1) is 5.82 Å². The number of hydrogen-bond donors (Lipinski definition) is 2. The van der Waals surface area contributed by atoms with Crippen LogP contribution in [0.4, 0.5) is 10.1 Å². The van der Waals surface area contributed by atoms with E-state index in [1.807, 2.05) is 4.72 Å². The predicted octanol–water partition coefficient (Wildman–Crippen LogP) is 2.26. The summed E-state index contributed by atoms with van der Waals surface area (Å²) in [6.07, 6.45) is 1.17. The van der Waals surface area contributed by atoms with Gasteiger partial charge >= 0.3 is 5.97 Å². The maximum Gasteiger partial charge on any atom is 0.337 e. The number of carbonyl (C=O) groups is 1. The molecular weight excluding hydrogens is 385 g/mol. The normalized spacial score (nSPS) is 14.8. The first-order valence-electron chi connectivity index (χ1n) is 7.51. The van der Waals surface area contributed by atoms with Crippen molar-refractivity contribution in [2.75, 3.05) is 4.72 Å². The Morgan fingerprint density at radius 3 is 2.12 bits per heavy atom. The Morgan fingerprint density at radius 1 is 1.00 bits per heavy atom. The predicted molar refractivity (Wildman–Crippen MR) is 90.8 cm³/mol. The smallest absolute Gasteiger partial charge is 0.337 e. The largest absolute Gasteiger partial charge is 0.478 e. The van der Waals surface area contributed by atoms with Gasteiger partial charge in [-0.2, -0.15) is 0 Å². The lowest BCUT2D eigenvalue weighted by Crippen LogP contribution is -2.16. The van der Waals surface area contributed by atoms with Crippen LogP contribution in [0.5, 0.6) is 0 Å². The molecule has 0 saturated heterocycles. The second kappa shape index (κ2) is 6.36. The Kier molecular flexibility index (Phi) is 4.49. The van der Waals surface area contributed by atoms with Gasteiger partial charge in [0.25, 0.3) is 10.0 Å². The van der Waals surface area contributed by atoms with Gasteiger partial charge in [0, 0.05) is 0 Å². The van der Waals surface area contributed by atoms with Crippen LogP contribution in [-0.2, 0) is 19.9 Å². The Labute approximate surface area is 149 Å². The second-order valence-corrected chi connectivity index (χ2v) is 9.73. The molecule has 26 heavy (non-hydrogen) atoms. The molecule has 1 aliphatic carbocycles. The lowest BCUT2D eigenvalue weighted by molar-refractivity contribution is 0.0698. The highest BCUT2D eigenvalue weighted by Crippen LogP contribution is 2.33. The quantitative estimate of drug-likeness (QED) is 0.769. The molecule has 2 aromatic carbocycles. The molecule has 0 heterocycles. The molecule has 0 atom stereocenters. The van der Waals surface area contributed by atoms with Crippen LogP contribution in [0.3, 0.4) is 0 Å². The van der Waals surface area contributed by atoms with E-state index in [-0.39, 0.29) is 9.79 Å². The Hall–Kier alpha value is -2.46. The highest BCUT2D eigenvalue weighted by molar-refractivity contribution is 7.93. The van der Waals surface area contributed by atoms with Crippen molar-refractivity contribution in [1.82, 2.24) is 0 Å². The number of benzene rings is 2. The molecule has 0 aromatic heterocycles. The summed E-state index contributed by atoms with van der Waals surface area (Å²) in [4.78, 5) is 10.9. The second-order valence-electron chi connectivity index (χ2n) is 5.82. The number of carboxylic acid groups (broad SMARTS) is 1. The standard InChI is InChI=1S/C16H14FNO6S2/c17-10-1-8-14(16(19)20)15(9-10)18-26(23,24)13-6-4-12(5-7-13)25(21,22)11-2-3-11/h1,4-9,11,18H,2-3H2,(H,19,20). The zero-order valence-electron chi connectivity index (χ0n) is 13.2. The minimum atomic E-state index is -4.23. The number of rotatable bonds is 6. The number of sulfone groups is 1. The van der Waals surface area contributed by atoms with Crippen molar-refractivity contribution in [2.24, 2.45) is 0 Å². The topological polar surface area (TPSA) is 118 Å². The van der Waals surface area contributed by atoms with Crippen molar-refractivity contribution in [1.29, 1.82) is 0 Å². The van der Waals surface area contributed by atoms with E-state index in [4.69, 9.17) is 5.11 Å². The lowest BCUT2D eigenvalue weighted by Gasteiger charge is -2.11. The maximum atomic E-state index is 13.4. The number of carboxylic acids is 1. The molecule has 10 heteroatoms. The van der Waals surface area contributed by atoms with Gasteiger partial charge in [-0.15, -0.1) is 0 Å². The fraction of sp³-hybridized carbons (Fsp3) is 0.188. The van der Waals surface area contributed by atoms with E-state index in [9.17, 15) is 26.0 Å². The van der Waals surface area contributed by atoms with Crippen LogP contribution < -0.4 is 4.72 Å². The third kappa shape index (κ3) is 3.56. The molecule has 0 spiro atoms. The van der Waals surface area contributed by atoms with Crippen molar-refractivity contribution in [2.45, 2.75) is 27.9 Å². The van der Waals surface area contributed by atoms with Crippen LogP contribution in [0.2, 0.25) is 0 Å². The van der Waals surface area contributed by atoms with Gasteiger partial charge in [0.1, 0.15) is 5.82 Å². The number of sulfonamides is 1. The van der Waals surface area contributed by atoms with Crippen LogP contribution in [0.1, 0.15) is 23.2 Å². The Morgan fingerprint density at radius 2 is 1.58 bits per heavy atom. The lowest BCUT2D eigenvalue weighted by atomic mass is 10.2. The molecule has 7 nitrogen and oxygen atoms in total. The summed E-state index contributed by atoms with van der Waals surface area (Å²) < 4.78 is 64.5. The average molecular weight is 399 g/mol. The summed E-state index contributed by atoms with van der Waals surface area (Å²) in [5, 5.41) is 8.66. The summed E-state index contributed by atoms with van der Waals surface area (Å²) in [5.74, 6) is -2.23. The number of anilines is 1. The molecular formula is C16H14FNO6S2. The minimum absolute atomic E-state index is 0.0240. The van der Waals surface area contributed by atoms with Crippen molar-refractivity contribution in [3.05, 3.63) is 53.8 Å². The van der Waals surface area contributed by atoms with Crippen molar-refractivity contribution in [3.63, 3.8) is 0 Å². The third-order valence-corrected chi connectivity index (χ3v) is 7.54. The van der Waals surface area contributed by atoms with Gasteiger partial charge in [0.05, 0.1) is 26.3 Å². The monoisotopic (exact) mass is 399 g/mol. The molecule has 0 radical (unpaired) electrons. The van der Waals surface area contributed by atoms with E-state index >= 15 is 0 Å². The number of halogens is 1. The number of nitrogens with one attached hydrogen (secondary N) is 1. The van der Waals surface area contributed by atoms with Crippen LogP contribution >= 0.6 is 0 Å². The first-order chi connectivity index (χ1) is 12.1. The summed E-state index contributed by atoms with van der Waals surface area (Å²) in [6, 6.07) is 7.19. The van der Waals surface area contributed by atoms with Gasteiger partial charge in [0.2, 0.25) is 0 Å². The van der Waals surface area contributed by atoms with Crippen molar-refractivity contribution in [3.8, 4) is 0 Å². The van der Waals surface area contributed by atoms with Gasteiger partial charge in [-0.1, -0.05) is 0 Å². The highest BCUT2D eigenvalue weighted by atomic mass is 32.2. The summed E-state index contributed by atoms with van der Waals surface area (Å²) >= 11 is 0. The fourth-order valence-corrected chi connectivity index (χ4v) is 5.10. The maximum absolute atomic E-state index is 13.4. The van der Waals surface area contributed by atoms with Gasteiger partial charge in [-0.05, 0) is 55.3 Å².